The second-order valence-corrected chi connectivity index (χ2v) is 2.66. The summed E-state index contributed by atoms with van der Waals surface area (Å²) in [5.74, 6) is 0. The van der Waals surface area contributed by atoms with Crippen molar-refractivity contribution in [2.75, 3.05) is 13.0 Å². The Balaban J connectivity index is 2.17. The fourth-order valence-electron chi connectivity index (χ4n) is 0.0577. The minimum Gasteiger partial charge on any atom is -0.350 e. The van der Waals surface area contributed by atoms with Crippen molar-refractivity contribution < 1.29 is 4.52 Å². The molecule has 0 radical (unpaired) electrons. The summed E-state index contributed by atoms with van der Waals surface area (Å²) in [6.07, 6.45) is 1.05. The van der Waals surface area contributed by atoms with E-state index in [1.54, 1.807) is 0 Å². The maximum atomic E-state index is 4.77. The Morgan fingerprint density at radius 2 is 2.25 bits per heavy atom. The van der Waals surface area contributed by atoms with Crippen LogP contribution in [0.2, 0.25) is 0 Å². The lowest BCUT2D eigenvalue weighted by molar-refractivity contribution is 0.572. The van der Waals surface area contributed by atoms with Gasteiger partial charge in [0.1, 0.15) is 0 Å². The Morgan fingerprint density at radius 3 is 2.25 bits per heavy atom. The van der Waals surface area contributed by atoms with Crippen molar-refractivity contribution in [3.8, 4) is 0 Å². The molecule has 24 valence electrons. The predicted molar refractivity (Wildman–Crippen MR) is 18.8 cm³/mol. The normalized spacial score (nSPS) is 39.8. The van der Waals surface area contributed by atoms with Crippen molar-refractivity contribution in [2.45, 2.75) is 0 Å². The van der Waals surface area contributed by atoms with E-state index >= 15 is 0 Å². The zero-order valence-corrected chi connectivity index (χ0v) is 3.46. The summed E-state index contributed by atoms with van der Waals surface area (Å²) in [7, 11) is 0.130. The summed E-state index contributed by atoms with van der Waals surface area (Å²) in [6, 6.07) is 0. The summed E-state index contributed by atoms with van der Waals surface area (Å²) in [5, 5.41) is 0. The fraction of sp³-hybridized carbons (Fsp3) is 1.00. The Hall–Kier alpha value is 0.390. The largest absolute Gasteiger partial charge is 0.350 e. The lowest BCUT2D eigenvalue weighted by Gasteiger charge is -1.51. The van der Waals surface area contributed by atoms with Gasteiger partial charge >= 0.3 is 0 Å². The molecule has 0 spiro atoms. The summed E-state index contributed by atoms with van der Waals surface area (Å²) < 4.78 is 4.77. The Bertz CT molecular complexity index is 25.2. The fourth-order valence-corrected chi connectivity index (χ4v) is 0.520. The first-order chi connectivity index (χ1) is 1.89. The van der Waals surface area contributed by atoms with E-state index in [1.807, 2.05) is 0 Å². The molecule has 0 saturated carbocycles. The maximum Gasteiger partial charge on any atom is 0.0948 e. The van der Waals surface area contributed by atoms with Gasteiger partial charge in [0.25, 0.3) is 0 Å². The summed E-state index contributed by atoms with van der Waals surface area (Å²) in [6.45, 7) is 2.12. The lowest BCUT2D eigenvalue weighted by atomic mass is 11.7. The maximum absolute atomic E-state index is 4.77. The van der Waals surface area contributed by atoms with E-state index in [-0.39, 0.29) is 8.15 Å². The molecule has 0 amide bonds. The molecule has 0 N–H and O–H groups in total. The highest BCUT2D eigenvalue weighted by atomic mass is 31.2. The quantitative estimate of drug-likeness (QED) is 0.309. The third-order valence-electron chi connectivity index (χ3n) is 0.387. The molecule has 2 heteroatoms. The molecule has 1 rings (SSSR count). The van der Waals surface area contributed by atoms with Gasteiger partial charge in [-0.05, 0) is 6.66 Å². The van der Waals surface area contributed by atoms with E-state index in [4.69, 9.17) is 4.52 Å². The SMILES string of the molecule is C[P@@]1CO1. The van der Waals surface area contributed by atoms with Crippen molar-refractivity contribution in [2.24, 2.45) is 0 Å². The molecular formula is C2H5OP. The zero-order chi connectivity index (χ0) is 2.99. The van der Waals surface area contributed by atoms with Crippen molar-refractivity contribution in [3.63, 3.8) is 0 Å². The van der Waals surface area contributed by atoms with E-state index in [0.717, 1.165) is 6.35 Å². The van der Waals surface area contributed by atoms with Crippen LogP contribution in [-0.2, 0) is 4.52 Å². The molecule has 0 aromatic heterocycles. The van der Waals surface area contributed by atoms with Gasteiger partial charge in [0.15, 0.2) is 0 Å². The minimum atomic E-state index is 0.130. The molecular weight excluding hydrogens is 71.0 g/mol. The number of hydrogen-bond acceptors (Lipinski definition) is 1. The second-order valence-electron chi connectivity index (χ2n) is 0.886. The molecule has 1 heterocycles. The monoisotopic (exact) mass is 76.0 g/mol. The second kappa shape index (κ2) is 0.667. The van der Waals surface area contributed by atoms with Crippen LogP contribution < -0.4 is 0 Å². The first-order valence-corrected chi connectivity index (χ1v) is 3.13. The van der Waals surface area contributed by atoms with E-state index in [0.29, 0.717) is 0 Å². The molecule has 0 bridgehead atoms. The standard InChI is InChI=1S/C2H5OP/c1-4-2-3-4/h2H2,1H3/t4-/m0/s1. The average molecular weight is 76.0 g/mol. The molecule has 1 saturated heterocycles. The molecule has 1 aliphatic rings. The lowest BCUT2D eigenvalue weighted by Crippen LogP contribution is -1.18. The van der Waals surface area contributed by atoms with Gasteiger partial charge in [0.2, 0.25) is 0 Å². The van der Waals surface area contributed by atoms with Crippen molar-refractivity contribution in [3.05, 3.63) is 0 Å². The van der Waals surface area contributed by atoms with Crippen molar-refractivity contribution in [1.82, 2.24) is 0 Å². The smallest absolute Gasteiger partial charge is 0.0948 e. The molecule has 0 aromatic rings. The Kier molecular flexibility index (Phi) is 0.436. The van der Waals surface area contributed by atoms with Crippen LogP contribution in [0.15, 0.2) is 0 Å². The molecule has 0 aliphatic carbocycles. The predicted octanol–water partition coefficient (Wildman–Crippen LogP) is 1.00. The van der Waals surface area contributed by atoms with Gasteiger partial charge in [-0.15, -0.1) is 0 Å². The third kappa shape index (κ3) is 0.402. The molecule has 1 atom stereocenters. The Morgan fingerprint density at radius 1 is 2.00 bits per heavy atom. The van der Waals surface area contributed by atoms with Gasteiger partial charge in [-0.3, -0.25) is 0 Å². The molecule has 0 unspecified atom stereocenters. The van der Waals surface area contributed by atoms with Gasteiger partial charge < -0.3 is 4.52 Å². The van der Waals surface area contributed by atoms with Gasteiger partial charge in [0.05, 0.1) is 14.5 Å². The highest BCUT2D eigenvalue weighted by Gasteiger charge is 2.13. The minimum absolute atomic E-state index is 0.130. The van der Waals surface area contributed by atoms with E-state index < -0.39 is 0 Å². The molecule has 0 aromatic carbocycles. The third-order valence-corrected chi connectivity index (χ3v) is 1.16. The van der Waals surface area contributed by atoms with Crippen LogP contribution >= 0.6 is 8.15 Å². The number of hydrogen-bond donors (Lipinski definition) is 0. The van der Waals surface area contributed by atoms with E-state index in [1.165, 1.54) is 0 Å². The highest BCUT2D eigenvalue weighted by Crippen LogP contribution is 2.48. The average Bonchev–Trinajstić information content (AvgIpc) is 1.75. The van der Waals surface area contributed by atoms with Crippen LogP contribution in [0.5, 0.6) is 0 Å². The topological polar surface area (TPSA) is 12.5 Å². The van der Waals surface area contributed by atoms with Gasteiger partial charge in [-0.2, -0.15) is 0 Å². The molecule has 1 nitrogen and oxygen atoms in total. The highest BCUT2D eigenvalue weighted by molar-refractivity contribution is 7.57. The van der Waals surface area contributed by atoms with E-state index in [9.17, 15) is 0 Å². The van der Waals surface area contributed by atoms with Crippen LogP contribution in [0, 0.1) is 0 Å². The zero-order valence-electron chi connectivity index (χ0n) is 2.56. The van der Waals surface area contributed by atoms with E-state index in [2.05, 4.69) is 6.66 Å². The van der Waals surface area contributed by atoms with Gasteiger partial charge in [-0.25, -0.2) is 0 Å². The van der Waals surface area contributed by atoms with Gasteiger partial charge in [-0.1, -0.05) is 0 Å². The summed E-state index contributed by atoms with van der Waals surface area (Å²) in [4.78, 5) is 0. The first-order valence-electron chi connectivity index (χ1n) is 1.23. The van der Waals surface area contributed by atoms with Crippen LogP contribution in [0.3, 0.4) is 0 Å². The number of rotatable bonds is 0. The Labute approximate surface area is 26.8 Å². The summed E-state index contributed by atoms with van der Waals surface area (Å²) >= 11 is 0. The van der Waals surface area contributed by atoms with Crippen molar-refractivity contribution in [1.29, 1.82) is 0 Å². The summed E-state index contributed by atoms with van der Waals surface area (Å²) in [5.41, 5.74) is 0. The molecule has 1 fully saturated rings. The van der Waals surface area contributed by atoms with Gasteiger partial charge in [0, 0.05) is 0 Å². The van der Waals surface area contributed by atoms with Crippen molar-refractivity contribution >= 4 is 8.15 Å². The first kappa shape index (κ1) is 2.62. The van der Waals surface area contributed by atoms with Crippen LogP contribution in [0.25, 0.3) is 0 Å². The van der Waals surface area contributed by atoms with Crippen LogP contribution in [0.1, 0.15) is 0 Å². The molecule has 1 aliphatic heterocycles. The van der Waals surface area contributed by atoms with Crippen LogP contribution in [0.4, 0.5) is 0 Å². The van der Waals surface area contributed by atoms with Crippen LogP contribution in [-0.4, -0.2) is 13.0 Å². The molecule has 4 heavy (non-hydrogen) atoms.